The highest BCUT2D eigenvalue weighted by Gasteiger charge is 2.25. The van der Waals surface area contributed by atoms with Gasteiger partial charge in [-0.15, -0.1) is 11.8 Å². The molecule has 1 aliphatic rings. The Labute approximate surface area is 150 Å². The summed E-state index contributed by atoms with van der Waals surface area (Å²) >= 11 is 3.33. The monoisotopic (exact) mass is 361 g/mol. The number of rotatable bonds is 3. The highest BCUT2D eigenvalue weighted by atomic mass is 32.2. The first-order valence-corrected chi connectivity index (χ1v) is 10.3. The maximum absolute atomic E-state index is 14.0. The van der Waals surface area contributed by atoms with Crippen molar-refractivity contribution in [2.75, 3.05) is 25.1 Å². The number of hydrogen-bond acceptors (Lipinski definition) is 3. The highest BCUT2D eigenvalue weighted by Crippen LogP contribution is 2.36. The number of carbonyl (C=O) groups is 1. The minimum atomic E-state index is -0.150. The molecule has 3 rings (SSSR count). The molecule has 1 heterocycles. The molecule has 2 aromatic rings. The van der Waals surface area contributed by atoms with Crippen LogP contribution in [0.3, 0.4) is 0 Å². The first-order chi connectivity index (χ1) is 11.7. The van der Waals surface area contributed by atoms with Crippen LogP contribution in [0, 0.1) is 5.82 Å². The summed E-state index contributed by atoms with van der Waals surface area (Å²) < 4.78 is 14.0. The lowest BCUT2D eigenvalue weighted by Gasteiger charge is -2.21. The molecule has 0 saturated carbocycles. The second kappa shape index (κ2) is 8.08. The van der Waals surface area contributed by atoms with Gasteiger partial charge in [0.05, 0.1) is 5.56 Å². The lowest BCUT2D eigenvalue weighted by molar-refractivity contribution is 0.0763. The van der Waals surface area contributed by atoms with Gasteiger partial charge in [0.1, 0.15) is 5.82 Å². The molecule has 1 atom stereocenters. The van der Waals surface area contributed by atoms with Gasteiger partial charge in [-0.3, -0.25) is 4.79 Å². The smallest absolute Gasteiger partial charge is 0.255 e. The van der Waals surface area contributed by atoms with Crippen LogP contribution in [-0.2, 0) is 0 Å². The van der Waals surface area contributed by atoms with E-state index >= 15 is 0 Å². The van der Waals surface area contributed by atoms with E-state index in [1.165, 1.54) is 6.07 Å². The molecule has 2 aromatic carbocycles. The molecule has 0 N–H and O–H groups in total. The summed E-state index contributed by atoms with van der Waals surface area (Å²) in [5.41, 5.74) is 1.51. The molecule has 0 aromatic heterocycles. The van der Waals surface area contributed by atoms with Crippen molar-refractivity contribution in [2.45, 2.75) is 16.6 Å². The van der Waals surface area contributed by atoms with Crippen LogP contribution in [0.1, 0.15) is 27.6 Å². The van der Waals surface area contributed by atoms with Gasteiger partial charge in [0.25, 0.3) is 5.91 Å². The second-order valence-corrected chi connectivity index (χ2v) is 7.82. The highest BCUT2D eigenvalue weighted by molar-refractivity contribution is 7.99. The fourth-order valence-electron chi connectivity index (χ4n) is 2.95. The summed E-state index contributed by atoms with van der Waals surface area (Å²) in [5, 5.41) is 0.111. The van der Waals surface area contributed by atoms with Gasteiger partial charge in [0.15, 0.2) is 0 Å². The fraction of sp³-hybridized carbons (Fsp3) is 0.316. The zero-order valence-electron chi connectivity index (χ0n) is 13.6. The summed E-state index contributed by atoms with van der Waals surface area (Å²) in [4.78, 5) is 15.8. The normalized spacial score (nSPS) is 18.2. The molecule has 0 radical (unpaired) electrons. The van der Waals surface area contributed by atoms with Crippen molar-refractivity contribution in [3.05, 3.63) is 65.5 Å². The van der Waals surface area contributed by atoms with E-state index in [2.05, 4.69) is 0 Å². The van der Waals surface area contributed by atoms with Crippen LogP contribution >= 0.6 is 23.5 Å². The Hall–Kier alpha value is -1.46. The Morgan fingerprint density at radius 1 is 1.17 bits per heavy atom. The first-order valence-electron chi connectivity index (χ1n) is 7.99. The zero-order valence-corrected chi connectivity index (χ0v) is 15.2. The quantitative estimate of drug-likeness (QED) is 0.728. The number of carbonyl (C=O) groups excluding carboxylic acids is 1. The summed E-state index contributed by atoms with van der Waals surface area (Å²) in [6, 6.07) is 14.7. The molecular weight excluding hydrogens is 341 g/mol. The van der Waals surface area contributed by atoms with E-state index in [1.807, 2.05) is 47.6 Å². The van der Waals surface area contributed by atoms with Crippen LogP contribution < -0.4 is 0 Å². The predicted octanol–water partition coefficient (Wildman–Crippen LogP) is 4.87. The standard InChI is InChI=1S/C19H20FNOS2/c1-23-17-9-5-3-7-15(17)19(22)21-11-10-18(24-13-12-21)14-6-2-4-8-16(14)20/h2-9,18H,10-13H2,1H3/t18-/m1/s1. The zero-order chi connectivity index (χ0) is 16.9. The average molecular weight is 362 g/mol. The molecule has 24 heavy (non-hydrogen) atoms. The van der Waals surface area contributed by atoms with Gasteiger partial charge in [-0.05, 0) is 30.9 Å². The lowest BCUT2D eigenvalue weighted by atomic mass is 10.1. The van der Waals surface area contributed by atoms with Crippen LogP contribution in [0.15, 0.2) is 53.4 Å². The fourth-order valence-corrected chi connectivity index (χ4v) is 4.79. The van der Waals surface area contributed by atoms with Crippen molar-refractivity contribution >= 4 is 29.4 Å². The SMILES string of the molecule is CSc1ccccc1C(=O)N1CCS[C@@H](c2ccccc2F)CC1. The van der Waals surface area contributed by atoms with E-state index < -0.39 is 0 Å². The number of benzene rings is 2. The van der Waals surface area contributed by atoms with Crippen LogP contribution in [0.25, 0.3) is 0 Å². The van der Waals surface area contributed by atoms with Crippen LogP contribution in [0.2, 0.25) is 0 Å². The van der Waals surface area contributed by atoms with Gasteiger partial charge >= 0.3 is 0 Å². The molecular formula is C19H20FNOS2. The van der Waals surface area contributed by atoms with Gasteiger partial charge in [0, 0.05) is 34.6 Å². The molecule has 0 spiro atoms. The Kier molecular flexibility index (Phi) is 5.85. The van der Waals surface area contributed by atoms with Gasteiger partial charge < -0.3 is 4.90 Å². The molecule has 5 heteroatoms. The molecule has 0 bridgehead atoms. The van der Waals surface area contributed by atoms with E-state index in [0.717, 1.165) is 28.2 Å². The molecule has 1 amide bonds. The van der Waals surface area contributed by atoms with Crippen LogP contribution in [0.5, 0.6) is 0 Å². The average Bonchev–Trinajstić information content (AvgIpc) is 2.87. The van der Waals surface area contributed by atoms with Crippen molar-refractivity contribution in [1.82, 2.24) is 4.90 Å². The van der Waals surface area contributed by atoms with Crippen molar-refractivity contribution in [3.63, 3.8) is 0 Å². The number of nitrogens with zero attached hydrogens (tertiary/aromatic N) is 1. The minimum absolute atomic E-state index is 0.0785. The largest absolute Gasteiger partial charge is 0.338 e. The van der Waals surface area contributed by atoms with Crippen molar-refractivity contribution in [2.24, 2.45) is 0 Å². The van der Waals surface area contributed by atoms with Crippen molar-refractivity contribution < 1.29 is 9.18 Å². The second-order valence-electron chi connectivity index (χ2n) is 5.66. The van der Waals surface area contributed by atoms with Crippen molar-refractivity contribution in [3.8, 4) is 0 Å². The van der Waals surface area contributed by atoms with E-state index in [-0.39, 0.29) is 17.0 Å². The third-order valence-corrected chi connectivity index (χ3v) is 6.32. The van der Waals surface area contributed by atoms with Crippen LogP contribution in [0.4, 0.5) is 4.39 Å². The molecule has 126 valence electrons. The maximum atomic E-state index is 14.0. The molecule has 0 unspecified atom stereocenters. The van der Waals surface area contributed by atoms with Gasteiger partial charge in [-0.25, -0.2) is 4.39 Å². The van der Waals surface area contributed by atoms with E-state index in [9.17, 15) is 9.18 Å². The maximum Gasteiger partial charge on any atom is 0.255 e. The Bertz CT molecular complexity index is 722. The third-order valence-electron chi connectivity index (χ3n) is 4.22. The van der Waals surface area contributed by atoms with Crippen LogP contribution in [-0.4, -0.2) is 35.9 Å². The molecule has 1 fully saturated rings. The Morgan fingerprint density at radius 2 is 1.92 bits per heavy atom. The summed E-state index contributed by atoms with van der Waals surface area (Å²) in [7, 11) is 0. The van der Waals surface area contributed by atoms with E-state index in [1.54, 1.807) is 29.6 Å². The van der Waals surface area contributed by atoms with Gasteiger partial charge in [-0.1, -0.05) is 30.3 Å². The molecule has 1 aliphatic heterocycles. The minimum Gasteiger partial charge on any atom is -0.338 e. The Balaban J connectivity index is 1.74. The number of amides is 1. The molecule has 0 aliphatic carbocycles. The number of hydrogen-bond donors (Lipinski definition) is 0. The molecule has 2 nitrogen and oxygen atoms in total. The first kappa shape index (κ1) is 17.4. The topological polar surface area (TPSA) is 20.3 Å². The summed E-state index contributed by atoms with van der Waals surface area (Å²) in [5.74, 6) is 0.754. The predicted molar refractivity (Wildman–Crippen MR) is 100 cm³/mol. The number of thioether (sulfide) groups is 2. The summed E-state index contributed by atoms with van der Waals surface area (Å²) in [6.45, 7) is 1.37. The number of halogens is 1. The lowest BCUT2D eigenvalue weighted by Crippen LogP contribution is -2.33. The Morgan fingerprint density at radius 3 is 2.71 bits per heavy atom. The van der Waals surface area contributed by atoms with E-state index in [4.69, 9.17) is 0 Å². The third kappa shape index (κ3) is 3.78. The van der Waals surface area contributed by atoms with E-state index in [0.29, 0.717) is 13.1 Å². The molecule has 1 saturated heterocycles. The summed E-state index contributed by atoms with van der Waals surface area (Å²) in [6.07, 6.45) is 2.76. The van der Waals surface area contributed by atoms with Gasteiger partial charge in [0.2, 0.25) is 0 Å². The van der Waals surface area contributed by atoms with Gasteiger partial charge in [-0.2, -0.15) is 11.8 Å². The van der Waals surface area contributed by atoms with Crippen molar-refractivity contribution in [1.29, 1.82) is 0 Å².